The Labute approximate surface area is 651 Å². The molecule has 0 aromatic heterocycles. The van der Waals surface area contributed by atoms with Gasteiger partial charge in [-0.1, -0.05) is 402 Å². The summed E-state index contributed by atoms with van der Waals surface area (Å²) in [6, 6.07) is 0. The highest BCUT2D eigenvalue weighted by molar-refractivity contribution is 7.47. The van der Waals surface area contributed by atoms with Crippen LogP contribution >= 0.6 is 15.6 Å². The fraction of sp³-hybridized carbons (Fsp3) is 0.954. The van der Waals surface area contributed by atoms with Crippen LogP contribution in [0.25, 0.3) is 0 Å². The van der Waals surface area contributed by atoms with Crippen LogP contribution in [-0.2, 0) is 65.4 Å². The Morgan fingerprint density at radius 1 is 0.264 bits per heavy atom. The van der Waals surface area contributed by atoms with E-state index in [4.69, 9.17) is 37.0 Å². The summed E-state index contributed by atoms with van der Waals surface area (Å²) < 4.78 is 68.9. The third kappa shape index (κ3) is 77.4. The number of carbonyl (C=O) groups excluding carboxylic acids is 4. The number of aliphatic hydroxyl groups is 1. The van der Waals surface area contributed by atoms with Gasteiger partial charge in [-0.15, -0.1) is 0 Å². The summed E-state index contributed by atoms with van der Waals surface area (Å²) in [6.45, 7) is 14.4. The molecule has 630 valence electrons. The highest BCUT2D eigenvalue weighted by Gasteiger charge is 2.31. The van der Waals surface area contributed by atoms with E-state index in [0.29, 0.717) is 25.7 Å². The summed E-state index contributed by atoms with van der Waals surface area (Å²) in [7, 11) is -9.93. The lowest BCUT2D eigenvalue weighted by molar-refractivity contribution is -0.161. The Bertz CT molecular complexity index is 2060. The lowest BCUT2D eigenvalue weighted by Crippen LogP contribution is -2.30. The van der Waals surface area contributed by atoms with Crippen molar-refractivity contribution in [1.82, 2.24) is 0 Å². The molecule has 0 bridgehead atoms. The Morgan fingerprint density at radius 3 is 0.670 bits per heavy atom. The SMILES string of the molecule is CCC(C)CCCCCCCCCCCCCCCCCCCCC(=O)O[C@H](COC(=O)CCCCCCCCCCCCCCCCC(C)CC)COP(=O)(O)OC[C@@H](O)COP(=O)(O)OC[C@@H](COC(=O)CCCCCCCCCCCCC(C)C)OC(=O)CCCCCCCCCCCCC(C)C. The molecular weight excluding hydrogens is 1380 g/mol. The molecule has 0 aliphatic carbocycles. The van der Waals surface area contributed by atoms with E-state index in [-0.39, 0.29) is 25.7 Å². The van der Waals surface area contributed by atoms with Crippen molar-refractivity contribution in [3.63, 3.8) is 0 Å². The van der Waals surface area contributed by atoms with E-state index in [0.717, 1.165) is 114 Å². The van der Waals surface area contributed by atoms with E-state index in [2.05, 4.69) is 55.4 Å². The molecule has 106 heavy (non-hydrogen) atoms. The molecule has 7 atom stereocenters. The molecule has 4 unspecified atom stereocenters. The summed E-state index contributed by atoms with van der Waals surface area (Å²) in [4.78, 5) is 73.3. The number of carbonyl (C=O) groups is 4. The van der Waals surface area contributed by atoms with Gasteiger partial charge in [0, 0.05) is 25.7 Å². The van der Waals surface area contributed by atoms with Gasteiger partial charge in [0.05, 0.1) is 26.4 Å². The monoisotopic (exact) mass is 1550 g/mol. The minimum Gasteiger partial charge on any atom is -0.462 e. The molecule has 17 nitrogen and oxygen atoms in total. The average Bonchev–Trinajstić information content (AvgIpc) is 0.902. The molecule has 0 heterocycles. The predicted molar refractivity (Wildman–Crippen MR) is 437 cm³/mol. The number of ether oxygens (including phenoxy) is 4. The molecule has 0 radical (unpaired) electrons. The summed E-state index contributed by atoms with van der Waals surface area (Å²) in [5.41, 5.74) is 0. The van der Waals surface area contributed by atoms with E-state index in [1.807, 2.05) is 0 Å². The van der Waals surface area contributed by atoms with Gasteiger partial charge in [-0.3, -0.25) is 37.3 Å². The molecular formula is C87H170O17P2. The molecule has 0 aromatic rings. The van der Waals surface area contributed by atoms with Gasteiger partial charge in [0.1, 0.15) is 19.3 Å². The van der Waals surface area contributed by atoms with Crippen LogP contribution in [0.3, 0.4) is 0 Å². The molecule has 0 rings (SSSR count). The van der Waals surface area contributed by atoms with Gasteiger partial charge >= 0.3 is 39.5 Å². The van der Waals surface area contributed by atoms with Crippen LogP contribution < -0.4 is 0 Å². The Hall–Kier alpha value is -1.94. The number of phosphoric ester groups is 2. The van der Waals surface area contributed by atoms with Crippen LogP contribution in [0.1, 0.15) is 453 Å². The van der Waals surface area contributed by atoms with Crippen LogP contribution in [0.15, 0.2) is 0 Å². The van der Waals surface area contributed by atoms with Gasteiger partial charge in [-0.05, 0) is 49.4 Å². The number of rotatable bonds is 84. The first-order valence-electron chi connectivity index (χ1n) is 44.8. The van der Waals surface area contributed by atoms with Crippen LogP contribution in [0.4, 0.5) is 0 Å². The summed E-state index contributed by atoms with van der Waals surface area (Å²) in [6.07, 6.45) is 65.1. The second kappa shape index (κ2) is 75.7. The fourth-order valence-electron chi connectivity index (χ4n) is 13.4. The fourth-order valence-corrected chi connectivity index (χ4v) is 15.0. The molecule has 0 aliphatic heterocycles. The van der Waals surface area contributed by atoms with Crippen molar-refractivity contribution in [3.05, 3.63) is 0 Å². The Morgan fingerprint density at radius 2 is 0.453 bits per heavy atom. The molecule has 0 aliphatic rings. The number of hydrogen-bond acceptors (Lipinski definition) is 15. The number of unbranched alkanes of at least 4 members (excludes halogenated alkanes) is 48. The van der Waals surface area contributed by atoms with Gasteiger partial charge in [0.25, 0.3) is 0 Å². The first-order valence-corrected chi connectivity index (χ1v) is 47.8. The van der Waals surface area contributed by atoms with E-state index in [1.54, 1.807) is 0 Å². The van der Waals surface area contributed by atoms with Crippen LogP contribution in [0, 0.1) is 23.7 Å². The normalized spacial score (nSPS) is 14.4. The van der Waals surface area contributed by atoms with E-state index in [1.165, 1.54) is 257 Å². The molecule has 0 spiro atoms. The molecule has 0 fully saturated rings. The highest BCUT2D eigenvalue weighted by atomic mass is 31.2. The molecule has 0 aromatic carbocycles. The summed E-state index contributed by atoms with van der Waals surface area (Å²) in [5.74, 6) is 1.13. The van der Waals surface area contributed by atoms with E-state index >= 15 is 0 Å². The molecule has 19 heteroatoms. The predicted octanol–water partition coefficient (Wildman–Crippen LogP) is 26.3. The first kappa shape index (κ1) is 104. The van der Waals surface area contributed by atoms with Gasteiger partial charge < -0.3 is 33.8 Å². The van der Waals surface area contributed by atoms with Gasteiger partial charge in [-0.2, -0.15) is 0 Å². The molecule has 0 amide bonds. The van der Waals surface area contributed by atoms with Crippen LogP contribution in [0.5, 0.6) is 0 Å². The number of aliphatic hydroxyl groups excluding tert-OH is 1. The lowest BCUT2D eigenvalue weighted by atomic mass is 9.99. The zero-order valence-electron chi connectivity index (χ0n) is 70.1. The summed E-state index contributed by atoms with van der Waals surface area (Å²) in [5, 5.41) is 10.7. The van der Waals surface area contributed by atoms with Crippen molar-refractivity contribution < 1.29 is 80.2 Å². The van der Waals surface area contributed by atoms with Crippen molar-refractivity contribution in [2.75, 3.05) is 39.6 Å². The third-order valence-electron chi connectivity index (χ3n) is 21.0. The average molecular weight is 1550 g/mol. The van der Waals surface area contributed by atoms with E-state index in [9.17, 15) is 43.2 Å². The van der Waals surface area contributed by atoms with E-state index < -0.39 is 97.5 Å². The third-order valence-corrected chi connectivity index (χ3v) is 22.9. The Balaban J connectivity index is 5.25. The van der Waals surface area contributed by atoms with Crippen molar-refractivity contribution in [2.45, 2.75) is 472 Å². The van der Waals surface area contributed by atoms with Crippen molar-refractivity contribution in [3.8, 4) is 0 Å². The first-order chi connectivity index (χ1) is 51.2. The molecule has 3 N–H and O–H groups in total. The lowest BCUT2D eigenvalue weighted by Gasteiger charge is -2.21. The maximum atomic E-state index is 13.2. The zero-order valence-corrected chi connectivity index (χ0v) is 71.9. The second-order valence-corrected chi connectivity index (χ2v) is 35.6. The quantitative estimate of drug-likeness (QED) is 0.0222. The zero-order chi connectivity index (χ0) is 78.1. The molecule has 0 saturated carbocycles. The summed E-state index contributed by atoms with van der Waals surface area (Å²) >= 11 is 0. The maximum absolute atomic E-state index is 13.2. The topological polar surface area (TPSA) is 237 Å². The van der Waals surface area contributed by atoms with Crippen molar-refractivity contribution in [1.29, 1.82) is 0 Å². The number of hydrogen-bond donors (Lipinski definition) is 3. The van der Waals surface area contributed by atoms with Crippen LogP contribution in [0.2, 0.25) is 0 Å². The van der Waals surface area contributed by atoms with Gasteiger partial charge in [-0.25, -0.2) is 9.13 Å². The molecule has 0 saturated heterocycles. The minimum atomic E-state index is -4.97. The minimum absolute atomic E-state index is 0.106. The van der Waals surface area contributed by atoms with Crippen molar-refractivity contribution >= 4 is 39.5 Å². The number of esters is 4. The van der Waals surface area contributed by atoms with Crippen LogP contribution in [-0.4, -0.2) is 96.7 Å². The highest BCUT2D eigenvalue weighted by Crippen LogP contribution is 2.45. The maximum Gasteiger partial charge on any atom is 0.472 e. The second-order valence-electron chi connectivity index (χ2n) is 32.7. The van der Waals surface area contributed by atoms with Gasteiger partial charge in [0.15, 0.2) is 12.2 Å². The smallest absolute Gasteiger partial charge is 0.462 e. The largest absolute Gasteiger partial charge is 0.472 e. The van der Waals surface area contributed by atoms with Gasteiger partial charge in [0.2, 0.25) is 0 Å². The standard InChI is InChI=1S/C87H170O17P2/c1-9-79(7)65-57-49-41-33-23-19-15-13-11-12-14-16-22-26-37-45-53-61-69-86(91)103-82(73-97-84(89)67-59-51-43-35-25-21-18-17-20-24-34-42-50-58-66-80(8)10-2)75-101-105(93,94)99-71-81(88)72-100-106(95,96)102-76-83(104-87(92)70-62-54-46-38-30-28-32-40-48-56-64-78(5)6)74-98-85(90)68-60-52-44-36-29-27-31-39-47-55-63-77(3)4/h77-83,88H,9-76H2,1-8H3,(H,93,94)(H,95,96)/t79?,80?,81-,82-,83-/m1/s1. The van der Waals surface area contributed by atoms with Crippen molar-refractivity contribution in [2.24, 2.45) is 23.7 Å². The Kier molecular flexibility index (Phi) is 74.3. The number of phosphoric acid groups is 2.